The van der Waals surface area contributed by atoms with Gasteiger partial charge in [-0.2, -0.15) is 0 Å². The number of benzene rings is 6. The number of hydrogen-bond donors (Lipinski definition) is 0. The second kappa shape index (κ2) is 8.87. The van der Waals surface area contributed by atoms with Crippen LogP contribution in [-0.4, -0.2) is 9.55 Å². The molecule has 9 aromatic rings. The smallest absolute Gasteiger partial charge is 0.124 e. The lowest BCUT2D eigenvalue weighted by molar-refractivity contribution is 1.18. The lowest BCUT2D eigenvalue weighted by Crippen LogP contribution is -1.92. The Balaban J connectivity index is 1.14. The van der Waals surface area contributed by atoms with E-state index in [0.717, 1.165) is 16.1 Å². The number of hydrogen-bond acceptors (Lipinski definition) is 3. The summed E-state index contributed by atoms with van der Waals surface area (Å²) in [4.78, 5) is 5.05. The third-order valence-electron chi connectivity index (χ3n) is 8.05. The van der Waals surface area contributed by atoms with E-state index >= 15 is 0 Å². The van der Waals surface area contributed by atoms with Crippen LogP contribution in [0.3, 0.4) is 0 Å². The van der Waals surface area contributed by atoms with Crippen molar-refractivity contribution < 1.29 is 0 Å². The van der Waals surface area contributed by atoms with Crippen LogP contribution >= 0.6 is 22.7 Å². The first-order chi connectivity index (χ1) is 20.3. The number of aromatic nitrogens is 2. The first-order valence-electron chi connectivity index (χ1n) is 13.7. The van der Waals surface area contributed by atoms with Gasteiger partial charge in [0.25, 0.3) is 0 Å². The van der Waals surface area contributed by atoms with Gasteiger partial charge in [0.2, 0.25) is 0 Å². The van der Waals surface area contributed by atoms with E-state index in [2.05, 4.69) is 138 Å². The van der Waals surface area contributed by atoms with Crippen LogP contribution in [0.15, 0.2) is 133 Å². The van der Waals surface area contributed by atoms with Crippen molar-refractivity contribution in [2.24, 2.45) is 0 Å². The quantitative estimate of drug-likeness (QED) is 0.211. The molecule has 0 N–H and O–H groups in total. The molecule has 192 valence electrons. The SMILES string of the molecule is c1ccc(-n2c3ccccc3c3cc(-c4ccc(-c5nc6ccc7sc8ccccc8c7c6s5)cc4)ccc32)cc1. The molecule has 0 fully saturated rings. The molecule has 3 aromatic heterocycles. The Morgan fingerprint density at radius 1 is 0.488 bits per heavy atom. The van der Waals surface area contributed by atoms with Crippen molar-refractivity contribution in [2.45, 2.75) is 0 Å². The van der Waals surface area contributed by atoms with Gasteiger partial charge in [0, 0.05) is 42.2 Å². The van der Waals surface area contributed by atoms with Crippen molar-refractivity contribution in [2.75, 3.05) is 0 Å². The topological polar surface area (TPSA) is 17.8 Å². The van der Waals surface area contributed by atoms with Crippen LogP contribution in [0.4, 0.5) is 0 Å². The molecule has 6 aromatic carbocycles. The van der Waals surface area contributed by atoms with Gasteiger partial charge in [-0.1, -0.05) is 84.9 Å². The third kappa shape index (κ3) is 3.51. The van der Waals surface area contributed by atoms with Gasteiger partial charge in [0.05, 0.1) is 21.3 Å². The number of para-hydroxylation sites is 2. The van der Waals surface area contributed by atoms with Gasteiger partial charge in [-0.15, -0.1) is 22.7 Å². The van der Waals surface area contributed by atoms with Crippen molar-refractivity contribution >= 4 is 74.9 Å². The highest BCUT2D eigenvalue weighted by atomic mass is 32.1. The van der Waals surface area contributed by atoms with E-state index in [9.17, 15) is 0 Å². The highest BCUT2D eigenvalue weighted by molar-refractivity contribution is 7.28. The van der Waals surface area contributed by atoms with Crippen LogP contribution in [0.2, 0.25) is 0 Å². The van der Waals surface area contributed by atoms with Crippen LogP contribution in [0.5, 0.6) is 0 Å². The van der Waals surface area contributed by atoms with Crippen molar-refractivity contribution in [3.8, 4) is 27.4 Å². The standard InChI is InChI=1S/C37H22N2S2/c1-2-8-26(9-3-1)39-31-12-6-4-10-27(31)29-22-25(18-20-32(29)39)23-14-16-24(17-15-23)37-38-30-19-21-34-35(36(30)41-37)28-11-5-7-13-33(28)40-34/h1-22H. The van der Waals surface area contributed by atoms with E-state index in [1.807, 2.05) is 11.3 Å². The average molecular weight is 559 g/mol. The zero-order chi connectivity index (χ0) is 26.9. The van der Waals surface area contributed by atoms with Crippen molar-refractivity contribution in [3.05, 3.63) is 133 Å². The molecule has 0 saturated carbocycles. The minimum atomic E-state index is 1.07. The molecule has 0 bridgehead atoms. The van der Waals surface area contributed by atoms with E-state index in [1.165, 1.54) is 63.5 Å². The number of thiophene rings is 1. The predicted molar refractivity (Wildman–Crippen MR) is 178 cm³/mol. The zero-order valence-corrected chi connectivity index (χ0v) is 23.5. The molecule has 0 atom stereocenters. The van der Waals surface area contributed by atoms with Gasteiger partial charge >= 0.3 is 0 Å². The number of fused-ring (bicyclic) bond motifs is 8. The zero-order valence-electron chi connectivity index (χ0n) is 21.9. The second-order valence-electron chi connectivity index (χ2n) is 10.4. The highest BCUT2D eigenvalue weighted by Crippen LogP contribution is 2.42. The molecule has 3 heterocycles. The summed E-state index contributed by atoms with van der Waals surface area (Å²) < 4.78 is 6.30. The van der Waals surface area contributed by atoms with E-state index in [-0.39, 0.29) is 0 Å². The fraction of sp³-hybridized carbons (Fsp3) is 0. The van der Waals surface area contributed by atoms with Crippen LogP contribution in [0, 0.1) is 0 Å². The van der Waals surface area contributed by atoms with E-state index in [4.69, 9.17) is 4.98 Å². The molecule has 0 aliphatic heterocycles. The fourth-order valence-corrected chi connectivity index (χ4v) is 8.44. The molecular weight excluding hydrogens is 537 g/mol. The van der Waals surface area contributed by atoms with Crippen LogP contribution in [0.25, 0.3) is 79.6 Å². The lowest BCUT2D eigenvalue weighted by Gasteiger charge is -2.08. The van der Waals surface area contributed by atoms with Crippen molar-refractivity contribution in [3.63, 3.8) is 0 Å². The Bertz CT molecular complexity index is 2410. The highest BCUT2D eigenvalue weighted by Gasteiger charge is 2.15. The first kappa shape index (κ1) is 23.0. The van der Waals surface area contributed by atoms with Gasteiger partial charge in [0.15, 0.2) is 0 Å². The first-order valence-corrected chi connectivity index (χ1v) is 15.4. The number of rotatable bonds is 3. The Labute approximate surface area is 244 Å². The predicted octanol–water partition coefficient (Wildman–Crippen LogP) is 11.1. The summed E-state index contributed by atoms with van der Waals surface area (Å²) in [6, 6.07) is 48.1. The molecule has 0 radical (unpaired) electrons. The maximum Gasteiger partial charge on any atom is 0.124 e. The van der Waals surface area contributed by atoms with Gasteiger partial charge in [0.1, 0.15) is 5.01 Å². The molecule has 4 heteroatoms. The van der Waals surface area contributed by atoms with E-state index < -0.39 is 0 Å². The van der Waals surface area contributed by atoms with Crippen molar-refractivity contribution in [1.29, 1.82) is 0 Å². The second-order valence-corrected chi connectivity index (χ2v) is 12.5. The molecule has 2 nitrogen and oxygen atoms in total. The summed E-state index contributed by atoms with van der Waals surface area (Å²) in [7, 11) is 0. The molecule has 0 saturated heterocycles. The summed E-state index contributed by atoms with van der Waals surface area (Å²) in [5, 5.41) is 6.27. The fourth-order valence-electron chi connectivity index (χ4n) is 6.13. The summed E-state index contributed by atoms with van der Waals surface area (Å²) >= 11 is 3.66. The molecule has 0 aliphatic carbocycles. The number of thiazole rings is 1. The largest absolute Gasteiger partial charge is 0.309 e. The minimum Gasteiger partial charge on any atom is -0.309 e. The number of nitrogens with zero attached hydrogens (tertiary/aromatic N) is 2. The molecule has 0 aliphatic rings. The monoisotopic (exact) mass is 558 g/mol. The summed E-state index contributed by atoms with van der Waals surface area (Å²) in [6.07, 6.45) is 0. The third-order valence-corrected chi connectivity index (χ3v) is 10.3. The average Bonchev–Trinajstić information content (AvgIpc) is 3.73. The summed E-state index contributed by atoms with van der Waals surface area (Å²) in [5.41, 5.74) is 8.29. The molecule has 0 amide bonds. The van der Waals surface area contributed by atoms with Gasteiger partial charge in [-0.25, -0.2) is 4.98 Å². The maximum absolute atomic E-state index is 5.05. The molecular formula is C37H22N2S2. The molecule has 0 spiro atoms. The molecule has 9 rings (SSSR count). The maximum atomic E-state index is 5.05. The minimum absolute atomic E-state index is 1.07. The van der Waals surface area contributed by atoms with Gasteiger partial charge in [-0.05, 0) is 59.7 Å². The Kier molecular flexibility index (Phi) is 4.97. The van der Waals surface area contributed by atoms with Crippen LogP contribution < -0.4 is 0 Å². The van der Waals surface area contributed by atoms with E-state index in [0.29, 0.717) is 0 Å². The summed E-state index contributed by atoms with van der Waals surface area (Å²) in [6.45, 7) is 0. The van der Waals surface area contributed by atoms with Gasteiger partial charge < -0.3 is 4.57 Å². The van der Waals surface area contributed by atoms with Gasteiger partial charge in [-0.3, -0.25) is 0 Å². The Morgan fingerprint density at radius 2 is 1.20 bits per heavy atom. The van der Waals surface area contributed by atoms with Crippen LogP contribution in [-0.2, 0) is 0 Å². The Morgan fingerprint density at radius 3 is 2.07 bits per heavy atom. The van der Waals surface area contributed by atoms with Crippen molar-refractivity contribution in [1.82, 2.24) is 9.55 Å². The lowest BCUT2D eigenvalue weighted by atomic mass is 10.0. The Hall–Kier alpha value is -4.77. The molecule has 41 heavy (non-hydrogen) atoms. The molecule has 0 unspecified atom stereocenters. The normalized spacial score (nSPS) is 11.9. The van der Waals surface area contributed by atoms with E-state index in [1.54, 1.807) is 11.3 Å². The van der Waals surface area contributed by atoms with Crippen LogP contribution in [0.1, 0.15) is 0 Å². The summed E-state index contributed by atoms with van der Waals surface area (Å²) in [5.74, 6) is 0.